The molecule has 1 aromatic rings. The van der Waals surface area contributed by atoms with Crippen molar-refractivity contribution in [3.63, 3.8) is 0 Å². The number of hydrogen-bond donors (Lipinski definition) is 2. The molecule has 3 heteroatoms. The van der Waals surface area contributed by atoms with E-state index < -0.39 is 0 Å². The molecule has 0 bridgehead atoms. The van der Waals surface area contributed by atoms with Crippen molar-refractivity contribution in [3.05, 3.63) is 29.3 Å². The minimum Gasteiger partial charge on any atom is -0.396 e. The van der Waals surface area contributed by atoms with E-state index in [9.17, 15) is 9.90 Å². The first-order valence-corrected chi connectivity index (χ1v) is 5.73. The number of amides is 1. The molecule has 1 heterocycles. The fraction of sp³-hybridized carbons (Fsp3) is 0.462. The highest BCUT2D eigenvalue weighted by Crippen LogP contribution is 2.48. The largest absolute Gasteiger partial charge is 0.396 e. The van der Waals surface area contributed by atoms with Crippen molar-refractivity contribution in [1.82, 2.24) is 0 Å². The van der Waals surface area contributed by atoms with Crippen LogP contribution in [0, 0.1) is 5.41 Å². The van der Waals surface area contributed by atoms with Gasteiger partial charge in [0.05, 0.1) is 6.42 Å². The van der Waals surface area contributed by atoms with Crippen molar-refractivity contribution >= 4 is 11.6 Å². The van der Waals surface area contributed by atoms with Crippen LogP contribution < -0.4 is 5.32 Å². The molecule has 2 aliphatic rings. The minimum absolute atomic E-state index is 0.0791. The number of rotatable bonds is 3. The predicted molar refractivity (Wildman–Crippen MR) is 61.2 cm³/mol. The predicted octanol–water partition coefficient (Wildman–Crippen LogP) is 1.50. The lowest BCUT2D eigenvalue weighted by Gasteiger charge is -2.12. The van der Waals surface area contributed by atoms with E-state index in [1.54, 1.807) is 0 Å². The zero-order valence-electron chi connectivity index (χ0n) is 9.12. The Kier molecular flexibility index (Phi) is 2.04. The van der Waals surface area contributed by atoms with Crippen LogP contribution >= 0.6 is 0 Å². The average Bonchev–Trinajstić information content (AvgIpc) is 2.93. The Hall–Kier alpha value is -1.35. The monoisotopic (exact) mass is 217 g/mol. The van der Waals surface area contributed by atoms with Gasteiger partial charge in [-0.3, -0.25) is 4.79 Å². The summed E-state index contributed by atoms with van der Waals surface area (Å²) in [6, 6.07) is 6.13. The molecule has 0 radical (unpaired) electrons. The van der Waals surface area contributed by atoms with Gasteiger partial charge in [0.15, 0.2) is 0 Å². The van der Waals surface area contributed by atoms with Crippen molar-refractivity contribution in [2.75, 3.05) is 11.9 Å². The zero-order valence-corrected chi connectivity index (χ0v) is 9.12. The van der Waals surface area contributed by atoms with Crippen LogP contribution in [-0.2, 0) is 17.6 Å². The lowest BCUT2D eigenvalue weighted by Crippen LogP contribution is -2.10. The van der Waals surface area contributed by atoms with Crippen molar-refractivity contribution in [3.8, 4) is 0 Å². The van der Waals surface area contributed by atoms with Gasteiger partial charge in [0.2, 0.25) is 5.91 Å². The molecule has 0 saturated heterocycles. The van der Waals surface area contributed by atoms with Crippen molar-refractivity contribution < 1.29 is 9.90 Å². The maximum atomic E-state index is 11.2. The first-order chi connectivity index (χ1) is 7.71. The maximum Gasteiger partial charge on any atom is 0.228 e. The average molecular weight is 217 g/mol. The van der Waals surface area contributed by atoms with Crippen LogP contribution in [0.25, 0.3) is 0 Å². The third-order valence-electron chi connectivity index (χ3n) is 3.67. The second-order valence-corrected chi connectivity index (χ2v) is 5.05. The first-order valence-electron chi connectivity index (χ1n) is 5.73. The summed E-state index contributed by atoms with van der Waals surface area (Å²) in [5.41, 5.74) is 3.42. The summed E-state index contributed by atoms with van der Waals surface area (Å²) in [5.74, 6) is 0.0791. The second-order valence-electron chi connectivity index (χ2n) is 5.05. The minimum atomic E-state index is 0.0791. The number of fused-ring (bicyclic) bond motifs is 1. The number of anilines is 1. The Morgan fingerprint density at radius 2 is 2.19 bits per heavy atom. The highest BCUT2D eigenvalue weighted by Gasteiger charge is 2.41. The number of benzene rings is 1. The molecule has 1 amide bonds. The van der Waals surface area contributed by atoms with E-state index in [4.69, 9.17) is 0 Å². The van der Waals surface area contributed by atoms with Gasteiger partial charge in [0.25, 0.3) is 0 Å². The second kappa shape index (κ2) is 3.32. The quantitative estimate of drug-likeness (QED) is 0.806. The van der Waals surface area contributed by atoms with E-state index >= 15 is 0 Å². The van der Waals surface area contributed by atoms with Crippen LogP contribution in [0.15, 0.2) is 18.2 Å². The fourth-order valence-corrected chi connectivity index (χ4v) is 2.39. The van der Waals surface area contributed by atoms with E-state index in [0.717, 1.165) is 30.5 Å². The summed E-state index contributed by atoms with van der Waals surface area (Å²) < 4.78 is 0. The zero-order chi connectivity index (χ0) is 11.2. The maximum absolute atomic E-state index is 11.2. The topological polar surface area (TPSA) is 49.3 Å². The Morgan fingerprint density at radius 1 is 1.38 bits per heavy atom. The SMILES string of the molecule is O=C1Cc2cc(CC3(CO)CC3)ccc2N1. The van der Waals surface area contributed by atoms with Gasteiger partial charge in [0, 0.05) is 12.3 Å². The summed E-state index contributed by atoms with van der Waals surface area (Å²) in [6.45, 7) is 0.279. The molecule has 0 atom stereocenters. The van der Waals surface area contributed by atoms with Gasteiger partial charge >= 0.3 is 0 Å². The molecule has 84 valence electrons. The van der Waals surface area contributed by atoms with Crippen LogP contribution in [0.5, 0.6) is 0 Å². The highest BCUT2D eigenvalue weighted by molar-refractivity contribution is 5.99. The molecule has 1 aliphatic carbocycles. The molecule has 16 heavy (non-hydrogen) atoms. The molecule has 1 saturated carbocycles. The normalized spacial score (nSPS) is 20.4. The summed E-state index contributed by atoms with van der Waals surface area (Å²) in [5, 5.41) is 12.1. The Balaban J connectivity index is 1.83. The highest BCUT2D eigenvalue weighted by atomic mass is 16.3. The molecule has 3 rings (SSSR count). The van der Waals surface area contributed by atoms with E-state index in [-0.39, 0.29) is 17.9 Å². The van der Waals surface area contributed by atoms with Crippen molar-refractivity contribution in [2.45, 2.75) is 25.7 Å². The van der Waals surface area contributed by atoms with E-state index in [1.165, 1.54) is 5.56 Å². The lowest BCUT2D eigenvalue weighted by atomic mass is 9.95. The van der Waals surface area contributed by atoms with Crippen molar-refractivity contribution in [1.29, 1.82) is 0 Å². The molecule has 3 nitrogen and oxygen atoms in total. The Labute approximate surface area is 94.5 Å². The van der Waals surface area contributed by atoms with Gasteiger partial charge in [-0.15, -0.1) is 0 Å². The first kappa shape index (κ1) is 9.85. The van der Waals surface area contributed by atoms with Crippen LogP contribution in [0.2, 0.25) is 0 Å². The van der Waals surface area contributed by atoms with Gasteiger partial charge in [-0.1, -0.05) is 12.1 Å². The molecule has 0 aromatic heterocycles. The number of nitrogens with one attached hydrogen (secondary N) is 1. The smallest absolute Gasteiger partial charge is 0.228 e. The van der Waals surface area contributed by atoms with E-state index in [2.05, 4.69) is 17.4 Å². The molecule has 2 N–H and O–H groups in total. The van der Waals surface area contributed by atoms with Gasteiger partial charge in [-0.2, -0.15) is 0 Å². The van der Waals surface area contributed by atoms with Gasteiger partial charge in [-0.25, -0.2) is 0 Å². The summed E-state index contributed by atoms with van der Waals surface area (Å²) in [7, 11) is 0. The molecule has 0 spiro atoms. The number of carbonyl (C=O) groups excluding carboxylic acids is 1. The molecular weight excluding hydrogens is 202 g/mol. The Bertz CT molecular complexity index is 449. The van der Waals surface area contributed by atoms with Crippen LogP contribution in [0.4, 0.5) is 5.69 Å². The number of carbonyl (C=O) groups is 1. The van der Waals surface area contributed by atoms with Gasteiger partial charge < -0.3 is 10.4 Å². The van der Waals surface area contributed by atoms with Gasteiger partial charge in [0.1, 0.15) is 0 Å². The van der Waals surface area contributed by atoms with Crippen LogP contribution in [0.3, 0.4) is 0 Å². The van der Waals surface area contributed by atoms with E-state index in [1.807, 2.05) is 6.07 Å². The lowest BCUT2D eigenvalue weighted by molar-refractivity contribution is -0.115. The third kappa shape index (κ3) is 1.61. The van der Waals surface area contributed by atoms with E-state index in [0.29, 0.717) is 6.42 Å². The molecule has 0 unspecified atom stereocenters. The molecule has 1 aliphatic heterocycles. The number of aliphatic hydroxyl groups is 1. The molecule has 1 fully saturated rings. The molecular formula is C13H15NO2. The summed E-state index contributed by atoms with van der Waals surface area (Å²) >= 11 is 0. The Morgan fingerprint density at radius 3 is 2.88 bits per heavy atom. The number of hydrogen-bond acceptors (Lipinski definition) is 2. The van der Waals surface area contributed by atoms with Crippen LogP contribution in [-0.4, -0.2) is 17.6 Å². The number of aliphatic hydroxyl groups excluding tert-OH is 1. The third-order valence-corrected chi connectivity index (χ3v) is 3.67. The van der Waals surface area contributed by atoms with Crippen LogP contribution in [0.1, 0.15) is 24.0 Å². The van der Waals surface area contributed by atoms with Crippen molar-refractivity contribution in [2.24, 2.45) is 5.41 Å². The molecule has 1 aromatic carbocycles. The fourth-order valence-electron chi connectivity index (χ4n) is 2.39. The summed E-state index contributed by atoms with van der Waals surface area (Å²) in [6.07, 6.45) is 3.68. The van der Waals surface area contributed by atoms with Gasteiger partial charge in [-0.05, 0) is 41.9 Å². The standard InChI is InChI=1S/C13H15NO2/c15-8-13(3-4-13)7-9-1-2-11-10(5-9)6-12(16)14-11/h1-2,5,15H,3-4,6-8H2,(H,14,16). The summed E-state index contributed by atoms with van der Waals surface area (Å²) in [4.78, 5) is 11.2.